The van der Waals surface area contributed by atoms with Gasteiger partial charge in [-0.3, -0.25) is 0 Å². The molecule has 0 saturated heterocycles. The van der Waals surface area contributed by atoms with E-state index in [2.05, 4.69) is 0 Å². The molecular weight excluding hydrogens is 227 g/mol. The first-order chi connectivity index (χ1) is 7.79. The number of hydrogen-bond donors (Lipinski definition) is 1. The van der Waals surface area contributed by atoms with E-state index in [1.165, 1.54) is 0 Å². The van der Waals surface area contributed by atoms with Crippen molar-refractivity contribution in [3.8, 4) is 0 Å². The van der Waals surface area contributed by atoms with Crippen molar-refractivity contribution >= 4 is 0 Å². The average Bonchev–Trinajstić information content (AvgIpc) is 2.25. The lowest BCUT2D eigenvalue weighted by Gasteiger charge is -2.15. The second-order valence-electron chi connectivity index (χ2n) is 4.59. The van der Waals surface area contributed by atoms with E-state index < -0.39 is 18.6 Å². The molecule has 0 aliphatic heterocycles. The van der Waals surface area contributed by atoms with E-state index in [0.717, 1.165) is 11.1 Å². The maximum Gasteiger partial charge on any atom is 0.389 e. The lowest BCUT2D eigenvalue weighted by atomic mass is 9.96. The third-order valence-corrected chi connectivity index (χ3v) is 2.74. The topological polar surface area (TPSA) is 26.0 Å². The van der Waals surface area contributed by atoms with Crippen LogP contribution in [0.25, 0.3) is 0 Å². The highest BCUT2D eigenvalue weighted by molar-refractivity contribution is 5.27. The van der Waals surface area contributed by atoms with Gasteiger partial charge in [-0.05, 0) is 23.5 Å². The molecule has 0 aromatic heterocycles. The number of rotatable bonds is 4. The molecule has 0 radical (unpaired) electrons. The van der Waals surface area contributed by atoms with Crippen LogP contribution in [0.2, 0.25) is 0 Å². The molecule has 1 nitrogen and oxygen atoms in total. The molecule has 1 aromatic rings. The zero-order chi connectivity index (χ0) is 13.1. The van der Waals surface area contributed by atoms with Gasteiger partial charge in [-0.15, -0.1) is 0 Å². The summed E-state index contributed by atoms with van der Waals surface area (Å²) in [5.41, 5.74) is 7.65. The van der Waals surface area contributed by atoms with Crippen LogP contribution in [0.15, 0.2) is 24.3 Å². The monoisotopic (exact) mass is 245 g/mol. The first kappa shape index (κ1) is 14.0. The summed E-state index contributed by atoms with van der Waals surface area (Å²) in [5, 5.41) is 0. The highest BCUT2D eigenvalue weighted by atomic mass is 19.4. The van der Waals surface area contributed by atoms with Crippen molar-refractivity contribution in [3.63, 3.8) is 0 Å². The number of nitrogens with two attached hydrogens (primary N) is 1. The second kappa shape index (κ2) is 5.54. The maximum atomic E-state index is 12.1. The SMILES string of the molecule is CC(C)c1cccc([C@@H](N)CCC(F)(F)F)c1. The third kappa shape index (κ3) is 4.77. The standard InChI is InChI=1S/C13H18F3N/c1-9(2)10-4-3-5-11(8-10)12(17)6-7-13(14,15)16/h3-5,8-9,12H,6-7,17H2,1-2H3/t12-/m0/s1. The summed E-state index contributed by atoms with van der Waals surface area (Å²) in [6.07, 6.45) is -5.03. The van der Waals surface area contributed by atoms with E-state index >= 15 is 0 Å². The van der Waals surface area contributed by atoms with Crippen molar-refractivity contribution in [2.45, 2.75) is 44.8 Å². The predicted molar refractivity (Wildman–Crippen MR) is 62.7 cm³/mol. The normalized spacial score (nSPS) is 14.1. The Kier molecular flexibility index (Phi) is 4.57. The van der Waals surface area contributed by atoms with Gasteiger partial charge in [-0.1, -0.05) is 38.1 Å². The van der Waals surface area contributed by atoms with Crippen molar-refractivity contribution < 1.29 is 13.2 Å². The molecule has 0 heterocycles. The van der Waals surface area contributed by atoms with Gasteiger partial charge in [0.15, 0.2) is 0 Å². The van der Waals surface area contributed by atoms with Crippen molar-refractivity contribution in [3.05, 3.63) is 35.4 Å². The molecule has 1 rings (SSSR count). The molecule has 96 valence electrons. The van der Waals surface area contributed by atoms with Crippen molar-refractivity contribution in [2.75, 3.05) is 0 Å². The van der Waals surface area contributed by atoms with Crippen molar-refractivity contribution in [2.24, 2.45) is 5.73 Å². The maximum absolute atomic E-state index is 12.1. The van der Waals surface area contributed by atoms with Gasteiger partial charge in [0, 0.05) is 12.5 Å². The minimum Gasteiger partial charge on any atom is -0.324 e. The second-order valence-corrected chi connectivity index (χ2v) is 4.59. The first-order valence-electron chi connectivity index (χ1n) is 5.72. The van der Waals surface area contributed by atoms with Gasteiger partial charge < -0.3 is 5.73 Å². The van der Waals surface area contributed by atoms with E-state index in [4.69, 9.17) is 5.73 Å². The van der Waals surface area contributed by atoms with Gasteiger partial charge in [-0.25, -0.2) is 0 Å². The Labute approximate surface area is 99.8 Å². The lowest BCUT2D eigenvalue weighted by molar-refractivity contribution is -0.136. The fourth-order valence-corrected chi connectivity index (χ4v) is 1.63. The Balaban J connectivity index is 2.69. The van der Waals surface area contributed by atoms with Crippen LogP contribution < -0.4 is 5.73 Å². The smallest absolute Gasteiger partial charge is 0.324 e. The van der Waals surface area contributed by atoms with E-state index in [-0.39, 0.29) is 6.42 Å². The molecule has 0 saturated carbocycles. The average molecular weight is 245 g/mol. The summed E-state index contributed by atoms with van der Waals surface area (Å²) in [5.74, 6) is 0.352. The molecule has 0 unspecified atom stereocenters. The summed E-state index contributed by atoms with van der Waals surface area (Å²) in [6, 6.07) is 6.94. The summed E-state index contributed by atoms with van der Waals surface area (Å²) in [7, 11) is 0. The van der Waals surface area contributed by atoms with E-state index in [0.29, 0.717) is 5.92 Å². The van der Waals surface area contributed by atoms with Crippen molar-refractivity contribution in [1.82, 2.24) is 0 Å². The first-order valence-corrected chi connectivity index (χ1v) is 5.72. The van der Waals surface area contributed by atoms with Crippen LogP contribution >= 0.6 is 0 Å². The molecule has 0 bridgehead atoms. The Morgan fingerprint density at radius 1 is 1.18 bits per heavy atom. The fourth-order valence-electron chi connectivity index (χ4n) is 1.63. The third-order valence-electron chi connectivity index (χ3n) is 2.74. The molecule has 17 heavy (non-hydrogen) atoms. The Morgan fingerprint density at radius 2 is 1.76 bits per heavy atom. The molecule has 0 aliphatic rings. The number of hydrogen-bond acceptors (Lipinski definition) is 1. The molecular formula is C13H18F3N. The van der Waals surface area contributed by atoms with Gasteiger partial charge in [0.05, 0.1) is 0 Å². The summed E-state index contributed by atoms with van der Waals surface area (Å²) < 4.78 is 36.3. The Hall–Kier alpha value is -1.03. The minimum absolute atomic E-state index is 0.0644. The Morgan fingerprint density at radius 3 is 2.29 bits per heavy atom. The zero-order valence-corrected chi connectivity index (χ0v) is 10.1. The van der Waals surface area contributed by atoms with Gasteiger partial charge in [-0.2, -0.15) is 13.2 Å². The number of benzene rings is 1. The molecule has 0 fully saturated rings. The van der Waals surface area contributed by atoms with Crippen LogP contribution in [0.4, 0.5) is 13.2 Å². The predicted octanol–water partition coefficient (Wildman–Crippen LogP) is 4.15. The summed E-state index contributed by atoms with van der Waals surface area (Å²) in [4.78, 5) is 0. The van der Waals surface area contributed by atoms with E-state index in [1.807, 2.05) is 32.0 Å². The highest BCUT2D eigenvalue weighted by Gasteiger charge is 2.27. The quantitative estimate of drug-likeness (QED) is 0.847. The number of halogens is 3. The zero-order valence-electron chi connectivity index (χ0n) is 10.1. The summed E-state index contributed by atoms with van der Waals surface area (Å²) >= 11 is 0. The molecule has 1 atom stereocenters. The fraction of sp³-hybridized carbons (Fsp3) is 0.538. The largest absolute Gasteiger partial charge is 0.389 e. The van der Waals surface area contributed by atoms with E-state index in [1.54, 1.807) is 6.07 Å². The molecule has 1 aromatic carbocycles. The van der Waals surface area contributed by atoms with Crippen LogP contribution in [0, 0.1) is 0 Å². The molecule has 4 heteroatoms. The molecule has 2 N–H and O–H groups in total. The molecule has 0 aliphatic carbocycles. The van der Waals surface area contributed by atoms with Gasteiger partial charge in [0.2, 0.25) is 0 Å². The van der Waals surface area contributed by atoms with Gasteiger partial charge >= 0.3 is 6.18 Å². The highest BCUT2D eigenvalue weighted by Crippen LogP contribution is 2.27. The Bertz CT molecular complexity index is 358. The van der Waals surface area contributed by atoms with Crippen LogP contribution in [-0.2, 0) is 0 Å². The van der Waals surface area contributed by atoms with Crippen molar-refractivity contribution in [1.29, 1.82) is 0 Å². The van der Waals surface area contributed by atoms with Crippen LogP contribution in [0.5, 0.6) is 0 Å². The lowest BCUT2D eigenvalue weighted by Crippen LogP contribution is -2.16. The van der Waals surface area contributed by atoms with Crippen LogP contribution in [0.3, 0.4) is 0 Å². The van der Waals surface area contributed by atoms with Crippen LogP contribution in [0.1, 0.15) is 49.8 Å². The summed E-state index contributed by atoms with van der Waals surface area (Å²) in [6.45, 7) is 4.08. The minimum atomic E-state index is -4.13. The van der Waals surface area contributed by atoms with Crippen LogP contribution in [-0.4, -0.2) is 6.18 Å². The van der Waals surface area contributed by atoms with E-state index in [9.17, 15) is 13.2 Å². The molecule has 0 spiro atoms. The van der Waals surface area contributed by atoms with Gasteiger partial charge in [0.25, 0.3) is 0 Å². The molecule has 0 amide bonds. The van der Waals surface area contributed by atoms with Gasteiger partial charge in [0.1, 0.15) is 0 Å². The number of alkyl halides is 3.